The predicted octanol–water partition coefficient (Wildman–Crippen LogP) is 1.27. The molecule has 0 atom stereocenters. The van der Waals surface area contributed by atoms with E-state index < -0.39 is 0 Å². The second kappa shape index (κ2) is 4.61. The molecule has 16 heavy (non-hydrogen) atoms. The minimum atomic E-state index is -0.205. The van der Waals surface area contributed by atoms with Crippen molar-refractivity contribution in [3.05, 3.63) is 0 Å². The third kappa shape index (κ3) is 2.25. The van der Waals surface area contributed by atoms with Gasteiger partial charge in [0.25, 0.3) is 0 Å². The number of hydrogen-bond donors (Lipinski definition) is 1. The highest BCUT2D eigenvalue weighted by atomic mass is 16.7. The van der Waals surface area contributed by atoms with Gasteiger partial charge in [0, 0.05) is 32.0 Å². The molecule has 1 spiro atoms. The topological polar surface area (TPSA) is 33.7 Å². The molecular formula is C12H22N2O2. The Hall–Kier alpha value is -0.160. The smallest absolute Gasteiger partial charge is 0.168 e. The zero-order valence-electron chi connectivity index (χ0n) is 9.91. The third-order valence-corrected chi connectivity index (χ3v) is 4.03. The molecule has 3 fully saturated rings. The van der Waals surface area contributed by atoms with Crippen molar-refractivity contribution in [3.63, 3.8) is 0 Å². The largest absolute Gasteiger partial charge is 0.348 e. The van der Waals surface area contributed by atoms with Gasteiger partial charge in [-0.1, -0.05) is 0 Å². The minimum absolute atomic E-state index is 0.205. The van der Waals surface area contributed by atoms with Crippen molar-refractivity contribution in [1.29, 1.82) is 0 Å². The summed E-state index contributed by atoms with van der Waals surface area (Å²) >= 11 is 0. The van der Waals surface area contributed by atoms with Gasteiger partial charge >= 0.3 is 0 Å². The van der Waals surface area contributed by atoms with E-state index in [2.05, 4.69) is 10.4 Å². The van der Waals surface area contributed by atoms with Crippen LogP contribution in [0.2, 0.25) is 0 Å². The molecule has 4 heteroatoms. The molecular weight excluding hydrogens is 204 g/mol. The van der Waals surface area contributed by atoms with Crippen molar-refractivity contribution in [2.24, 2.45) is 0 Å². The van der Waals surface area contributed by atoms with Crippen LogP contribution in [-0.2, 0) is 9.47 Å². The Morgan fingerprint density at radius 3 is 2.25 bits per heavy atom. The van der Waals surface area contributed by atoms with Crippen LogP contribution in [0.4, 0.5) is 0 Å². The molecule has 1 saturated carbocycles. The maximum absolute atomic E-state index is 5.74. The van der Waals surface area contributed by atoms with E-state index in [1.807, 2.05) is 0 Å². The first kappa shape index (κ1) is 11.0. The first-order chi connectivity index (χ1) is 7.86. The molecule has 92 valence electrons. The van der Waals surface area contributed by atoms with Gasteiger partial charge < -0.3 is 9.47 Å². The molecule has 3 aliphatic rings. The predicted molar refractivity (Wildman–Crippen MR) is 60.8 cm³/mol. The highest BCUT2D eigenvalue weighted by Gasteiger charge is 2.40. The van der Waals surface area contributed by atoms with Gasteiger partial charge in [-0.2, -0.15) is 0 Å². The SMILES string of the molecule is C1CCN(NC2CCC3(CC2)OCCO3)C1. The van der Waals surface area contributed by atoms with Crippen LogP contribution in [0.25, 0.3) is 0 Å². The van der Waals surface area contributed by atoms with E-state index in [0.29, 0.717) is 6.04 Å². The van der Waals surface area contributed by atoms with E-state index in [-0.39, 0.29) is 5.79 Å². The lowest BCUT2D eigenvalue weighted by Gasteiger charge is -2.37. The van der Waals surface area contributed by atoms with Crippen molar-refractivity contribution < 1.29 is 9.47 Å². The second-order valence-electron chi connectivity index (χ2n) is 5.21. The summed E-state index contributed by atoms with van der Waals surface area (Å²) in [5, 5.41) is 2.39. The molecule has 0 radical (unpaired) electrons. The lowest BCUT2D eigenvalue weighted by molar-refractivity contribution is -0.181. The quantitative estimate of drug-likeness (QED) is 0.769. The summed E-state index contributed by atoms with van der Waals surface area (Å²) in [7, 11) is 0. The molecule has 0 amide bonds. The van der Waals surface area contributed by atoms with Crippen LogP contribution in [0.1, 0.15) is 38.5 Å². The van der Waals surface area contributed by atoms with Crippen LogP contribution >= 0.6 is 0 Å². The molecule has 0 bridgehead atoms. The number of nitrogens with zero attached hydrogens (tertiary/aromatic N) is 1. The Morgan fingerprint density at radius 1 is 1.00 bits per heavy atom. The first-order valence-electron chi connectivity index (χ1n) is 6.65. The Bertz CT molecular complexity index is 225. The maximum atomic E-state index is 5.74. The van der Waals surface area contributed by atoms with E-state index in [4.69, 9.17) is 9.47 Å². The van der Waals surface area contributed by atoms with Crippen LogP contribution < -0.4 is 5.43 Å². The molecule has 0 aromatic carbocycles. The van der Waals surface area contributed by atoms with E-state index in [1.165, 1.54) is 38.8 Å². The summed E-state index contributed by atoms with van der Waals surface area (Å²) in [6.07, 6.45) is 7.15. The fourth-order valence-electron chi connectivity index (χ4n) is 3.08. The fraction of sp³-hybridized carbons (Fsp3) is 1.00. The van der Waals surface area contributed by atoms with Gasteiger partial charge in [0.1, 0.15) is 0 Å². The number of ether oxygens (including phenoxy) is 2. The monoisotopic (exact) mass is 226 g/mol. The Labute approximate surface area is 97.2 Å². The van der Waals surface area contributed by atoms with Crippen molar-refractivity contribution >= 4 is 0 Å². The van der Waals surface area contributed by atoms with Gasteiger partial charge in [-0.3, -0.25) is 5.43 Å². The van der Waals surface area contributed by atoms with E-state index >= 15 is 0 Å². The molecule has 1 N–H and O–H groups in total. The fourth-order valence-corrected chi connectivity index (χ4v) is 3.08. The average Bonchev–Trinajstić information content (AvgIpc) is 2.94. The summed E-state index contributed by atoms with van der Waals surface area (Å²) < 4.78 is 11.5. The Kier molecular flexibility index (Phi) is 3.16. The van der Waals surface area contributed by atoms with Crippen LogP contribution in [-0.4, -0.2) is 43.1 Å². The average molecular weight is 226 g/mol. The standard InChI is InChI=1S/C12H22N2O2/c1-2-8-14(7-1)13-11-3-5-12(6-4-11)15-9-10-16-12/h11,13H,1-10H2. The number of hydrogen-bond acceptors (Lipinski definition) is 4. The third-order valence-electron chi connectivity index (χ3n) is 4.03. The highest BCUT2D eigenvalue weighted by Crippen LogP contribution is 2.35. The van der Waals surface area contributed by atoms with Gasteiger partial charge in [-0.05, 0) is 25.7 Å². The minimum Gasteiger partial charge on any atom is -0.348 e. The number of nitrogens with one attached hydrogen (secondary N) is 1. The van der Waals surface area contributed by atoms with Gasteiger partial charge in [-0.15, -0.1) is 0 Å². The van der Waals surface area contributed by atoms with Crippen molar-refractivity contribution in [2.45, 2.75) is 50.4 Å². The first-order valence-corrected chi connectivity index (χ1v) is 6.65. The van der Waals surface area contributed by atoms with Gasteiger partial charge in [0.15, 0.2) is 5.79 Å². The maximum Gasteiger partial charge on any atom is 0.168 e. The number of hydrazine groups is 1. The van der Waals surface area contributed by atoms with E-state index in [9.17, 15) is 0 Å². The van der Waals surface area contributed by atoms with Gasteiger partial charge in [-0.25, -0.2) is 5.01 Å². The van der Waals surface area contributed by atoms with Crippen molar-refractivity contribution in [3.8, 4) is 0 Å². The second-order valence-corrected chi connectivity index (χ2v) is 5.21. The highest BCUT2D eigenvalue weighted by molar-refractivity contribution is 4.85. The summed E-state index contributed by atoms with van der Waals surface area (Å²) in [5.74, 6) is -0.205. The zero-order valence-corrected chi connectivity index (χ0v) is 9.91. The molecule has 2 saturated heterocycles. The van der Waals surface area contributed by atoms with Crippen LogP contribution in [0, 0.1) is 0 Å². The summed E-state index contributed by atoms with van der Waals surface area (Å²) in [4.78, 5) is 0. The Morgan fingerprint density at radius 2 is 1.62 bits per heavy atom. The molecule has 1 aliphatic carbocycles. The Balaban J connectivity index is 1.46. The summed E-state index contributed by atoms with van der Waals surface area (Å²) in [6.45, 7) is 4.00. The van der Waals surface area contributed by atoms with Crippen LogP contribution in [0.3, 0.4) is 0 Å². The molecule has 0 aromatic rings. The van der Waals surface area contributed by atoms with Crippen molar-refractivity contribution in [2.75, 3.05) is 26.3 Å². The van der Waals surface area contributed by atoms with Crippen molar-refractivity contribution in [1.82, 2.24) is 10.4 Å². The normalized spacial score (nSPS) is 31.5. The van der Waals surface area contributed by atoms with Gasteiger partial charge in [0.05, 0.1) is 13.2 Å². The molecule has 2 heterocycles. The van der Waals surface area contributed by atoms with Gasteiger partial charge in [0.2, 0.25) is 0 Å². The molecule has 4 nitrogen and oxygen atoms in total. The molecule has 0 aromatic heterocycles. The lowest BCUT2D eigenvalue weighted by Crippen LogP contribution is -2.48. The van der Waals surface area contributed by atoms with Crippen LogP contribution in [0.15, 0.2) is 0 Å². The zero-order chi connectivity index (χ0) is 10.8. The summed E-state index contributed by atoms with van der Waals surface area (Å²) in [5.41, 5.74) is 3.65. The van der Waals surface area contributed by atoms with E-state index in [1.54, 1.807) is 0 Å². The molecule has 2 aliphatic heterocycles. The van der Waals surface area contributed by atoms with Crippen LogP contribution in [0.5, 0.6) is 0 Å². The summed E-state index contributed by atoms with van der Waals surface area (Å²) in [6, 6.07) is 0.636. The number of rotatable bonds is 2. The van der Waals surface area contributed by atoms with E-state index in [0.717, 1.165) is 26.1 Å². The molecule has 3 rings (SSSR count). The lowest BCUT2D eigenvalue weighted by atomic mass is 9.90. The molecule has 0 unspecified atom stereocenters.